The fourth-order valence-electron chi connectivity index (χ4n) is 2.32. The molecular weight excluding hydrogens is 318 g/mol. The van der Waals surface area contributed by atoms with Gasteiger partial charge in [0.15, 0.2) is 11.6 Å². The largest absolute Gasteiger partial charge is 0.304 e. The lowest BCUT2D eigenvalue weighted by atomic mass is 10.2. The Morgan fingerprint density at radius 2 is 2.08 bits per heavy atom. The van der Waals surface area contributed by atoms with Gasteiger partial charge in [0.2, 0.25) is 0 Å². The Balaban J connectivity index is 1.53. The first-order valence-corrected chi connectivity index (χ1v) is 7.54. The van der Waals surface area contributed by atoms with Gasteiger partial charge in [0.25, 0.3) is 5.91 Å². The van der Waals surface area contributed by atoms with Crippen molar-refractivity contribution < 1.29 is 4.79 Å². The molecule has 25 heavy (non-hydrogen) atoms. The molecule has 122 valence electrons. The summed E-state index contributed by atoms with van der Waals surface area (Å²) in [6.45, 7) is 0. The molecule has 0 aromatic carbocycles. The second-order valence-corrected chi connectivity index (χ2v) is 5.19. The van der Waals surface area contributed by atoms with E-state index in [0.29, 0.717) is 11.6 Å². The first kappa shape index (κ1) is 14.8. The second-order valence-electron chi connectivity index (χ2n) is 5.19. The Morgan fingerprint density at radius 3 is 2.88 bits per heavy atom. The molecule has 0 spiro atoms. The number of carbonyl (C=O) groups excluding carboxylic acids is 1. The second kappa shape index (κ2) is 6.36. The van der Waals surface area contributed by atoms with Gasteiger partial charge in [-0.1, -0.05) is 6.07 Å². The standard InChI is InChI=1S/C17H13N7O/c25-17(13-5-1-6-16(20-13)24-9-3-8-19-24)21-15-10-14(22-23-15)12-4-2-7-18-11-12/h1-11H,(H2,21,22,23,25). The summed E-state index contributed by atoms with van der Waals surface area (Å²) in [6, 6.07) is 12.4. The number of hydrogen-bond donors (Lipinski definition) is 2. The summed E-state index contributed by atoms with van der Waals surface area (Å²) in [5, 5.41) is 13.8. The van der Waals surface area contributed by atoms with Crippen LogP contribution in [0.25, 0.3) is 17.1 Å². The van der Waals surface area contributed by atoms with E-state index in [1.165, 1.54) is 0 Å². The van der Waals surface area contributed by atoms with Gasteiger partial charge in [-0.05, 0) is 30.3 Å². The van der Waals surface area contributed by atoms with Crippen LogP contribution in [0.5, 0.6) is 0 Å². The number of amides is 1. The average Bonchev–Trinajstić information content (AvgIpc) is 3.35. The van der Waals surface area contributed by atoms with Crippen molar-refractivity contribution >= 4 is 11.7 Å². The summed E-state index contributed by atoms with van der Waals surface area (Å²) in [7, 11) is 0. The minimum Gasteiger partial charge on any atom is -0.304 e. The van der Waals surface area contributed by atoms with Gasteiger partial charge in [0, 0.05) is 36.4 Å². The Labute approximate surface area is 142 Å². The van der Waals surface area contributed by atoms with Crippen molar-refractivity contribution in [2.75, 3.05) is 5.32 Å². The van der Waals surface area contributed by atoms with E-state index in [1.54, 1.807) is 59.8 Å². The number of rotatable bonds is 4. The first-order valence-electron chi connectivity index (χ1n) is 7.54. The molecule has 8 nitrogen and oxygen atoms in total. The predicted octanol–water partition coefficient (Wildman–Crippen LogP) is 2.30. The number of nitrogens with zero attached hydrogens (tertiary/aromatic N) is 5. The monoisotopic (exact) mass is 331 g/mol. The van der Waals surface area contributed by atoms with Crippen molar-refractivity contribution in [3.63, 3.8) is 0 Å². The molecule has 0 aliphatic carbocycles. The van der Waals surface area contributed by atoms with Gasteiger partial charge in [0.05, 0.1) is 5.69 Å². The summed E-state index contributed by atoms with van der Waals surface area (Å²) in [5.41, 5.74) is 1.93. The van der Waals surface area contributed by atoms with Crippen LogP contribution in [0, 0.1) is 0 Å². The summed E-state index contributed by atoms with van der Waals surface area (Å²) in [4.78, 5) is 20.8. The quantitative estimate of drug-likeness (QED) is 0.597. The Morgan fingerprint density at radius 1 is 1.12 bits per heavy atom. The molecule has 4 aromatic heterocycles. The zero-order chi connectivity index (χ0) is 17.1. The molecule has 0 atom stereocenters. The van der Waals surface area contributed by atoms with E-state index in [2.05, 4.69) is 30.6 Å². The molecule has 1 amide bonds. The molecule has 0 bridgehead atoms. The van der Waals surface area contributed by atoms with Crippen molar-refractivity contribution in [2.24, 2.45) is 0 Å². The van der Waals surface area contributed by atoms with Crippen LogP contribution in [0.1, 0.15) is 10.5 Å². The highest BCUT2D eigenvalue weighted by Gasteiger charge is 2.12. The van der Waals surface area contributed by atoms with Crippen LogP contribution in [0.4, 0.5) is 5.82 Å². The highest BCUT2D eigenvalue weighted by molar-refractivity contribution is 6.02. The first-order chi connectivity index (χ1) is 12.3. The third-order valence-corrected chi connectivity index (χ3v) is 3.50. The maximum Gasteiger partial charge on any atom is 0.275 e. The lowest BCUT2D eigenvalue weighted by Crippen LogP contribution is -2.15. The van der Waals surface area contributed by atoms with Crippen molar-refractivity contribution in [3.8, 4) is 17.1 Å². The molecule has 0 aliphatic heterocycles. The Hall–Kier alpha value is -3.81. The molecule has 0 fully saturated rings. The minimum atomic E-state index is -0.349. The molecule has 4 heterocycles. The van der Waals surface area contributed by atoms with Crippen LogP contribution < -0.4 is 5.32 Å². The third kappa shape index (κ3) is 3.13. The fraction of sp³-hybridized carbons (Fsp3) is 0. The average molecular weight is 331 g/mol. The molecule has 8 heteroatoms. The molecule has 2 N–H and O–H groups in total. The number of H-pyrrole nitrogens is 1. The van der Waals surface area contributed by atoms with Crippen molar-refractivity contribution in [1.29, 1.82) is 0 Å². The van der Waals surface area contributed by atoms with Crippen molar-refractivity contribution in [1.82, 2.24) is 29.9 Å². The molecule has 0 saturated heterocycles. The normalized spacial score (nSPS) is 10.6. The number of aromatic nitrogens is 6. The molecule has 0 aliphatic rings. The summed E-state index contributed by atoms with van der Waals surface area (Å²) < 4.78 is 1.59. The van der Waals surface area contributed by atoms with Crippen LogP contribution in [0.3, 0.4) is 0 Å². The van der Waals surface area contributed by atoms with Gasteiger partial charge >= 0.3 is 0 Å². The van der Waals surface area contributed by atoms with Gasteiger partial charge in [-0.25, -0.2) is 9.67 Å². The van der Waals surface area contributed by atoms with E-state index < -0.39 is 0 Å². The fourth-order valence-corrected chi connectivity index (χ4v) is 2.32. The van der Waals surface area contributed by atoms with E-state index in [1.807, 2.05) is 12.1 Å². The minimum absolute atomic E-state index is 0.277. The van der Waals surface area contributed by atoms with Gasteiger partial charge in [-0.3, -0.25) is 14.9 Å². The molecule has 0 radical (unpaired) electrons. The van der Waals surface area contributed by atoms with Crippen LogP contribution in [0.2, 0.25) is 0 Å². The Kier molecular flexibility index (Phi) is 3.76. The smallest absolute Gasteiger partial charge is 0.275 e. The van der Waals surface area contributed by atoms with Crippen molar-refractivity contribution in [2.45, 2.75) is 0 Å². The van der Waals surface area contributed by atoms with Crippen LogP contribution in [-0.2, 0) is 0 Å². The van der Waals surface area contributed by atoms with E-state index in [0.717, 1.165) is 11.3 Å². The van der Waals surface area contributed by atoms with E-state index in [-0.39, 0.29) is 11.6 Å². The SMILES string of the molecule is O=C(Nc1cc(-c2cccnc2)[nH]n1)c1cccc(-n2cccn2)n1. The topological polar surface area (TPSA) is 101 Å². The lowest BCUT2D eigenvalue weighted by molar-refractivity contribution is 0.102. The van der Waals surface area contributed by atoms with Crippen molar-refractivity contribution in [3.05, 3.63) is 72.9 Å². The van der Waals surface area contributed by atoms with Gasteiger partial charge < -0.3 is 5.32 Å². The van der Waals surface area contributed by atoms with Gasteiger partial charge in [0.1, 0.15) is 5.69 Å². The van der Waals surface area contributed by atoms with Crippen LogP contribution in [0.15, 0.2) is 67.3 Å². The zero-order valence-electron chi connectivity index (χ0n) is 13.0. The number of hydrogen-bond acceptors (Lipinski definition) is 5. The third-order valence-electron chi connectivity index (χ3n) is 3.50. The van der Waals surface area contributed by atoms with E-state index >= 15 is 0 Å². The molecule has 0 unspecified atom stereocenters. The lowest BCUT2D eigenvalue weighted by Gasteiger charge is -2.04. The summed E-state index contributed by atoms with van der Waals surface area (Å²) >= 11 is 0. The molecule has 4 aromatic rings. The highest BCUT2D eigenvalue weighted by atomic mass is 16.2. The number of nitrogens with one attached hydrogen (secondary N) is 2. The maximum absolute atomic E-state index is 12.4. The number of anilines is 1. The molecule has 4 rings (SSSR count). The van der Waals surface area contributed by atoms with Gasteiger partial charge in [-0.15, -0.1) is 0 Å². The number of pyridine rings is 2. The Bertz CT molecular complexity index is 993. The van der Waals surface area contributed by atoms with Crippen LogP contribution in [-0.4, -0.2) is 35.9 Å². The zero-order valence-corrected chi connectivity index (χ0v) is 13.0. The maximum atomic E-state index is 12.4. The summed E-state index contributed by atoms with van der Waals surface area (Å²) in [5.74, 6) is 0.629. The predicted molar refractivity (Wildman–Crippen MR) is 91.1 cm³/mol. The van der Waals surface area contributed by atoms with Crippen LogP contribution >= 0.6 is 0 Å². The summed E-state index contributed by atoms with van der Waals surface area (Å²) in [6.07, 6.45) is 6.82. The number of carbonyl (C=O) groups is 1. The highest BCUT2D eigenvalue weighted by Crippen LogP contribution is 2.18. The van der Waals surface area contributed by atoms with E-state index in [9.17, 15) is 4.79 Å². The van der Waals surface area contributed by atoms with Gasteiger partial charge in [-0.2, -0.15) is 10.2 Å². The molecular formula is C17H13N7O. The molecule has 0 saturated carbocycles. The van der Waals surface area contributed by atoms with E-state index in [4.69, 9.17) is 0 Å². The number of aromatic amines is 1.